The smallest absolute Gasteiger partial charge is 0.323 e. The van der Waals surface area contributed by atoms with Gasteiger partial charge in [0.15, 0.2) is 0 Å². The van der Waals surface area contributed by atoms with Gasteiger partial charge >= 0.3 is 5.97 Å². The Morgan fingerprint density at radius 3 is 2.50 bits per heavy atom. The van der Waals surface area contributed by atoms with Gasteiger partial charge < -0.3 is 20.5 Å². The molecule has 0 aliphatic heterocycles. The van der Waals surface area contributed by atoms with Crippen molar-refractivity contribution in [1.29, 1.82) is 0 Å². The molecule has 3 aromatic heterocycles. The van der Waals surface area contributed by atoms with Gasteiger partial charge in [0.05, 0.1) is 17.7 Å². The number of ether oxygens (including phenoxy) is 1. The number of aliphatic carboxylic acids is 1. The van der Waals surface area contributed by atoms with Crippen LogP contribution in [0.25, 0.3) is 5.52 Å². The van der Waals surface area contributed by atoms with Gasteiger partial charge in [-0.1, -0.05) is 18.2 Å². The van der Waals surface area contributed by atoms with Crippen LogP contribution in [0.1, 0.15) is 16.8 Å². The molecule has 1 amide bonds. The highest BCUT2D eigenvalue weighted by Gasteiger charge is 2.26. The number of benzene rings is 1. The summed E-state index contributed by atoms with van der Waals surface area (Å²) in [5.41, 5.74) is -0.106. The topological polar surface area (TPSA) is 181 Å². The molecular formula is C26H26N6O7S. The molecule has 0 aliphatic carbocycles. The summed E-state index contributed by atoms with van der Waals surface area (Å²) in [4.78, 5) is 45.1. The number of carbonyl (C=O) groups is 2. The summed E-state index contributed by atoms with van der Waals surface area (Å²) in [6.45, 7) is 0.420. The van der Waals surface area contributed by atoms with Crippen molar-refractivity contribution in [2.24, 2.45) is 0 Å². The Labute approximate surface area is 228 Å². The Morgan fingerprint density at radius 2 is 1.77 bits per heavy atom. The number of aromatic nitrogens is 3. The predicted octanol–water partition coefficient (Wildman–Crippen LogP) is 1.13. The van der Waals surface area contributed by atoms with E-state index in [-0.39, 0.29) is 10.5 Å². The number of anilines is 1. The number of sulfonamides is 1. The Morgan fingerprint density at radius 1 is 1.02 bits per heavy atom. The van der Waals surface area contributed by atoms with Gasteiger partial charge in [-0.25, -0.2) is 18.4 Å². The second kappa shape index (κ2) is 12.8. The molecule has 0 bridgehead atoms. The molecule has 1 atom stereocenters. The van der Waals surface area contributed by atoms with E-state index in [4.69, 9.17) is 4.74 Å². The summed E-state index contributed by atoms with van der Waals surface area (Å²) < 4.78 is 34.1. The normalized spacial score (nSPS) is 12.0. The molecule has 4 aromatic rings. The van der Waals surface area contributed by atoms with Gasteiger partial charge in [0, 0.05) is 42.6 Å². The molecule has 208 valence electrons. The minimum absolute atomic E-state index is 0.0112. The number of carbonyl (C=O) groups excluding carboxylic acids is 1. The number of fused-ring (bicyclic) bond motifs is 1. The number of nitrogens with zero attached hydrogens (tertiary/aromatic N) is 3. The van der Waals surface area contributed by atoms with Crippen molar-refractivity contribution in [1.82, 2.24) is 24.4 Å². The van der Waals surface area contributed by atoms with Crippen LogP contribution in [0.5, 0.6) is 5.75 Å². The maximum Gasteiger partial charge on any atom is 0.323 e. The minimum atomic E-state index is -4.14. The fourth-order valence-corrected chi connectivity index (χ4v) is 4.82. The molecule has 0 saturated carbocycles. The molecule has 3 heterocycles. The van der Waals surface area contributed by atoms with Crippen LogP contribution >= 0.6 is 0 Å². The van der Waals surface area contributed by atoms with E-state index in [0.717, 1.165) is 6.07 Å². The number of hydrogen-bond acceptors (Lipinski definition) is 9. The number of carboxylic acids is 1. The highest BCUT2D eigenvalue weighted by molar-refractivity contribution is 7.89. The van der Waals surface area contributed by atoms with Crippen LogP contribution in [-0.4, -0.2) is 65.5 Å². The van der Waals surface area contributed by atoms with E-state index in [0.29, 0.717) is 36.8 Å². The van der Waals surface area contributed by atoms with E-state index in [2.05, 4.69) is 25.3 Å². The van der Waals surface area contributed by atoms with E-state index in [1.807, 2.05) is 0 Å². The third-order valence-corrected chi connectivity index (χ3v) is 7.08. The zero-order valence-corrected chi connectivity index (χ0v) is 21.9. The zero-order chi connectivity index (χ0) is 28.5. The molecule has 1 aromatic carbocycles. The van der Waals surface area contributed by atoms with E-state index >= 15 is 0 Å². The molecule has 40 heavy (non-hydrogen) atoms. The molecule has 0 radical (unpaired) electrons. The van der Waals surface area contributed by atoms with Gasteiger partial charge in [-0.2, -0.15) is 4.72 Å². The van der Waals surface area contributed by atoms with E-state index in [1.54, 1.807) is 36.7 Å². The predicted molar refractivity (Wildman–Crippen MR) is 145 cm³/mol. The molecule has 0 saturated heterocycles. The molecular weight excluding hydrogens is 540 g/mol. The lowest BCUT2D eigenvalue weighted by Crippen LogP contribution is -2.48. The first-order chi connectivity index (χ1) is 19.2. The maximum atomic E-state index is 12.7. The highest BCUT2D eigenvalue weighted by atomic mass is 32.2. The Kier molecular flexibility index (Phi) is 9.04. The Hall–Kier alpha value is -4.82. The molecule has 14 heteroatoms. The van der Waals surface area contributed by atoms with Gasteiger partial charge in [0.25, 0.3) is 11.5 Å². The van der Waals surface area contributed by atoms with Crippen LogP contribution in [0.4, 0.5) is 5.95 Å². The lowest BCUT2D eigenvalue weighted by Gasteiger charge is -2.16. The van der Waals surface area contributed by atoms with Gasteiger partial charge in [0.1, 0.15) is 11.8 Å². The minimum Gasteiger partial charge on any atom is -0.492 e. The fourth-order valence-electron chi connectivity index (χ4n) is 3.61. The van der Waals surface area contributed by atoms with E-state index in [9.17, 15) is 27.9 Å². The van der Waals surface area contributed by atoms with Crippen LogP contribution in [0.3, 0.4) is 0 Å². The van der Waals surface area contributed by atoms with Crippen molar-refractivity contribution in [3.63, 3.8) is 0 Å². The molecule has 4 rings (SSSR count). The Balaban J connectivity index is 1.35. The second-order valence-electron chi connectivity index (χ2n) is 8.48. The Bertz CT molecular complexity index is 1650. The average Bonchev–Trinajstić information content (AvgIpc) is 2.96. The van der Waals surface area contributed by atoms with Gasteiger partial charge in [-0.3, -0.25) is 18.8 Å². The number of rotatable bonds is 13. The fraction of sp³-hybridized carbons (Fsp3) is 0.192. The molecule has 0 fully saturated rings. The maximum absolute atomic E-state index is 12.7. The molecule has 0 spiro atoms. The number of hydrogen-bond donors (Lipinski definition) is 4. The molecule has 4 N–H and O–H groups in total. The van der Waals surface area contributed by atoms with Crippen molar-refractivity contribution < 1.29 is 27.9 Å². The third-order valence-electron chi connectivity index (χ3n) is 5.59. The van der Waals surface area contributed by atoms with E-state index in [1.165, 1.54) is 40.9 Å². The lowest BCUT2D eigenvalue weighted by atomic mass is 10.2. The summed E-state index contributed by atoms with van der Waals surface area (Å²) in [6, 6.07) is 13.2. The first kappa shape index (κ1) is 28.2. The van der Waals surface area contributed by atoms with Gasteiger partial charge in [-0.15, -0.1) is 0 Å². The zero-order valence-electron chi connectivity index (χ0n) is 21.1. The summed E-state index contributed by atoms with van der Waals surface area (Å²) in [5, 5.41) is 14.9. The van der Waals surface area contributed by atoms with Crippen molar-refractivity contribution >= 4 is 33.4 Å². The van der Waals surface area contributed by atoms with Crippen LogP contribution < -0.4 is 25.7 Å². The van der Waals surface area contributed by atoms with Crippen LogP contribution in [0, 0.1) is 0 Å². The van der Waals surface area contributed by atoms with E-state index < -0.39 is 40.0 Å². The van der Waals surface area contributed by atoms with Crippen molar-refractivity contribution in [2.45, 2.75) is 17.4 Å². The molecule has 0 aliphatic rings. The third kappa shape index (κ3) is 7.39. The SMILES string of the molecule is O=C(NCC(NS(=O)(=O)c1ccccc1)C(=O)O)c1cc(=O)n2cc(OCCCNc3ncccn3)ccc2c1. The largest absolute Gasteiger partial charge is 0.492 e. The quantitative estimate of drug-likeness (QED) is 0.171. The van der Waals surface area contributed by atoms with Gasteiger partial charge in [-0.05, 0) is 42.8 Å². The number of amides is 1. The van der Waals surface area contributed by atoms with Gasteiger partial charge in [0.2, 0.25) is 16.0 Å². The van der Waals surface area contributed by atoms with Crippen LogP contribution in [-0.2, 0) is 14.8 Å². The molecule has 13 nitrogen and oxygen atoms in total. The summed E-state index contributed by atoms with van der Waals surface area (Å²) in [6.07, 6.45) is 5.43. The monoisotopic (exact) mass is 566 g/mol. The first-order valence-electron chi connectivity index (χ1n) is 12.1. The van der Waals surface area contributed by atoms with Crippen LogP contribution in [0.15, 0.2) is 88.9 Å². The summed E-state index contributed by atoms with van der Waals surface area (Å²) in [7, 11) is -4.14. The second-order valence-corrected chi connectivity index (χ2v) is 10.2. The van der Waals surface area contributed by atoms with Crippen molar-refractivity contribution in [3.05, 3.63) is 95.2 Å². The van der Waals surface area contributed by atoms with Crippen molar-refractivity contribution in [3.8, 4) is 5.75 Å². The number of nitrogens with one attached hydrogen (secondary N) is 3. The summed E-state index contributed by atoms with van der Waals surface area (Å²) >= 11 is 0. The van der Waals surface area contributed by atoms with Crippen molar-refractivity contribution in [2.75, 3.05) is 25.0 Å². The standard InChI is InChI=1S/C26H26N6O7S/c33-23-15-18(24(34)30-16-22(25(35)36)31-40(37,38)21-6-2-1-3-7-21)14-19-8-9-20(17-32(19)23)39-13-5-12-29-26-27-10-4-11-28-26/h1-4,6-11,14-15,17,22,31H,5,12-13,16H2,(H,30,34)(H,35,36)(H,27,28,29). The van der Waals surface area contributed by atoms with Crippen LogP contribution in [0.2, 0.25) is 0 Å². The number of pyridine rings is 2. The lowest BCUT2D eigenvalue weighted by molar-refractivity contribution is -0.138. The molecule has 1 unspecified atom stereocenters. The highest BCUT2D eigenvalue weighted by Crippen LogP contribution is 2.14. The summed E-state index contributed by atoms with van der Waals surface area (Å²) in [5.74, 6) is -1.24. The first-order valence-corrected chi connectivity index (χ1v) is 13.6. The average molecular weight is 567 g/mol. The number of carboxylic acid groups (broad SMARTS) is 1.